The third-order valence-electron chi connectivity index (χ3n) is 4.61. The van der Waals surface area contributed by atoms with E-state index in [4.69, 9.17) is 49.6 Å². The van der Waals surface area contributed by atoms with E-state index in [0.717, 1.165) is 5.56 Å². The molecule has 30 heavy (non-hydrogen) atoms. The molecule has 2 aromatic rings. The van der Waals surface area contributed by atoms with Crippen molar-refractivity contribution >= 4 is 46.5 Å². The lowest BCUT2D eigenvalue weighted by atomic mass is 9.95. The maximum Gasteiger partial charge on any atom is 0.337 e. The van der Waals surface area contributed by atoms with Gasteiger partial charge in [-0.1, -0.05) is 41.4 Å². The van der Waals surface area contributed by atoms with Crippen molar-refractivity contribution in [3.8, 4) is 11.5 Å². The van der Waals surface area contributed by atoms with Gasteiger partial charge in [0, 0.05) is 27.9 Å². The zero-order valence-electron chi connectivity index (χ0n) is 16.5. The van der Waals surface area contributed by atoms with Crippen LogP contribution in [0.2, 0.25) is 10.0 Å². The SMILES string of the molecule is COC(=O)C1=C(C)NC(=S)NC1c1cc(OC)c(OCc2ccccc2Cl)cc1Cl. The second-order valence-electron chi connectivity index (χ2n) is 6.47. The molecule has 2 N–H and O–H groups in total. The number of benzene rings is 2. The van der Waals surface area contributed by atoms with Crippen LogP contribution in [-0.2, 0) is 16.1 Å². The number of carbonyl (C=O) groups is 1. The maximum absolute atomic E-state index is 12.4. The van der Waals surface area contributed by atoms with E-state index >= 15 is 0 Å². The number of carbonyl (C=O) groups excluding carboxylic acids is 1. The number of allylic oxidation sites excluding steroid dienone is 1. The summed E-state index contributed by atoms with van der Waals surface area (Å²) in [4.78, 5) is 12.4. The molecular weight excluding hydrogens is 447 g/mol. The van der Waals surface area contributed by atoms with Gasteiger partial charge >= 0.3 is 5.97 Å². The molecular formula is C21H20Cl2N2O4S. The van der Waals surface area contributed by atoms with Gasteiger partial charge in [0.05, 0.1) is 30.9 Å². The lowest BCUT2D eigenvalue weighted by Crippen LogP contribution is -2.45. The second kappa shape index (κ2) is 9.55. The fraction of sp³-hybridized carbons (Fsp3) is 0.238. The molecule has 0 aliphatic carbocycles. The summed E-state index contributed by atoms with van der Waals surface area (Å²) in [5, 5.41) is 7.36. The van der Waals surface area contributed by atoms with Crippen molar-refractivity contribution in [2.24, 2.45) is 0 Å². The minimum atomic E-state index is -0.606. The number of ether oxygens (including phenoxy) is 3. The first-order valence-corrected chi connectivity index (χ1v) is 10.1. The molecule has 0 bridgehead atoms. The average Bonchev–Trinajstić information content (AvgIpc) is 2.72. The molecule has 1 aliphatic heterocycles. The van der Waals surface area contributed by atoms with Crippen molar-refractivity contribution in [2.75, 3.05) is 14.2 Å². The Morgan fingerprint density at radius 1 is 1.13 bits per heavy atom. The molecule has 0 fully saturated rings. The largest absolute Gasteiger partial charge is 0.493 e. The molecule has 9 heteroatoms. The van der Waals surface area contributed by atoms with Crippen LogP contribution in [0.3, 0.4) is 0 Å². The number of nitrogens with one attached hydrogen (secondary N) is 2. The van der Waals surface area contributed by atoms with Crippen LogP contribution in [0.4, 0.5) is 0 Å². The topological polar surface area (TPSA) is 68.8 Å². The van der Waals surface area contributed by atoms with Crippen molar-refractivity contribution in [3.63, 3.8) is 0 Å². The number of hydrogen-bond acceptors (Lipinski definition) is 5. The highest BCUT2D eigenvalue weighted by atomic mass is 35.5. The molecule has 3 rings (SSSR count). The predicted octanol–water partition coefficient (Wildman–Crippen LogP) is 4.55. The van der Waals surface area contributed by atoms with Crippen molar-refractivity contribution in [2.45, 2.75) is 19.6 Å². The van der Waals surface area contributed by atoms with E-state index in [1.165, 1.54) is 14.2 Å². The molecule has 2 aromatic carbocycles. The molecule has 0 aromatic heterocycles. The van der Waals surface area contributed by atoms with Gasteiger partial charge in [-0.05, 0) is 31.3 Å². The summed E-state index contributed by atoms with van der Waals surface area (Å²) in [6.07, 6.45) is 0. The Morgan fingerprint density at radius 3 is 2.53 bits per heavy atom. The number of methoxy groups -OCH3 is 2. The van der Waals surface area contributed by atoms with Gasteiger partial charge in [-0.25, -0.2) is 4.79 Å². The molecule has 1 atom stereocenters. The molecule has 6 nitrogen and oxygen atoms in total. The molecule has 0 saturated carbocycles. The highest BCUT2D eigenvalue weighted by Crippen LogP contribution is 2.40. The van der Waals surface area contributed by atoms with E-state index < -0.39 is 12.0 Å². The van der Waals surface area contributed by atoms with E-state index in [2.05, 4.69) is 10.6 Å². The first-order valence-electron chi connectivity index (χ1n) is 8.96. The summed E-state index contributed by atoms with van der Waals surface area (Å²) < 4.78 is 16.3. The number of thiocarbonyl (C=S) groups is 1. The zero-order valence-corrected chi connectivity index (χ0v) is 18.9. The van der Waals surface area contributed by atoms with Crippen LogP contribution in [0.5, 0.6) is 11.5 Å². The van der Waals surface area contributed by atoms with Crippen LogP contribution in [0.1, 0.15) is 24.1 Å². The molecule has 0 spiro atoms. The van der Waals surface area contributed by atoms with Gasteiger partial charge in [0.2, 0.25) is 0 Å². The van der Waals surface area contributed by atoms with E-state index in [1.54, 1.807) is 25.1 Å². The highest BCUT2D eigenvalue weighted by Gasteiger charge is 2.32. The first-order chi connectivity index (χ1) is 14.3. The summed E-state index contributed by atoms with van der Waals surface area (Å²) in [6.45, 7) is 1.99. The van der Waals surface area contributed by atoms with E-state index in [1.807, 2.05) is 18.2 Å². The van der Waals surface area contributed by atoms with Crippen LogP contribution in [-0.4, -0.2) is 25.3 Å². The van der Waals surface area contributed by atoms with Gasteiger partial charge in [-0.3, -0.25) is 0 Å². The van der Waals surface area contributed by atoms with Gasteiger partial charge in [-0.15, -0.1) is 0 Å². The van der Waals surface area contributed by atoms with Crippen LogP contribution < -0.4 is 20.1 Å². The fourth-order valence-corrected chi connectivity index (χ4v) is 3.85. The summed E-state index contributed by atoms with van der Waals surface area (Å²) in [5.41, 5.74) is 2.39. The minimum Gasteiger partial charge on any atom is -0.493 e. The molecule has 158 valence electrons. The summed E-state index contributed by atoms with van der Waals surface area (Å²) in [7, 11) is 2.85. The average molecular weight is 467 g/mol. The van der Waals surface area contributed by atoms with Crippen molar-refractivity contribution in [3.05, 3.63) is 68.8 Å². The van der Waals surface area contributed by atoms with Crippen molar-refractivity contribution in [1.29, 1.82) is 0 Å². The van der Waals surface area contributed by atoms with Crippen LogP contribution in [0.15, 0.2) is 47.7 Å². The third kappa shape index (κ3) is 4.64. The molecule has 1 unspecified atom stereocenters. The molecule has 0 amide bonds. The molecule has 0 radical (unpaired) electrons. The highest BCUT2D eigenvalue weighted by molar-refractivity contribution is 7.80. The summed E-state index contributed by atoms with van der Waals surface area (Å²) in [5.74, 6) is 0.409. The Balaban J connectivity index is 1.96. The molecule has 1 aliphatic rings. The Labute approximate surface area is 190 Å². The van der Waals surface area contributed by atoms with Gasteiger partial charge in [0.1, 0.15) is 6.61 Å². The number of rotatable bonds is 6. The number of hydrogen-bond donors (Lipinski definition) is 2. The van der Waals surface area contributed by atoms with Gasteiger partial charge in [0.25, 0.3) is 0 Å². The van der Waals surface area contributed by atoms with Gasteiger partial charge in [0.15, 0.2) is 16.6 Å². The third-order valence-corrected chi connectivity index (χ3v) is 5.53. The molecule has 0 saturated heterocycles. The fourth-order valence-electron chi connectivity index (χ4n) is 3.12. The minimum absolute atomic E-state index is 0.244. The Kier molecular flexibility index (Phi) is 7.07. The maximum atomic E-state index is 12.4. The van der Waals surface area contributed by atoms with Crippen molar-refractivity contribution in [1.82, 2.24) is 10.6 Å². The monoisotopic (exact) mass is 466 g/mol. The standard InChI is InChI=1S/C21H20Cl2N2O4S/c1-11-18(20(26)28-3)19(25-21(30)24-11)13-8-16(27-2)17(9-15(13)23)29-10-12-6-4-5-7-14(12)22/h4-9,19H,10H2,1-3H3,(H2,24,25,30). The summed E-state index contributed by atoms with van der Waals surface area (Å²) >= 11 is 18.0. The van der Waals surface area contributed by atoms with E-state index in [9.17, 15) is 4.79 Å². The van der Waals surface area contributed by atoms with Crippen LogP contribution in [0.25, 0.3) is 0 Å². The van der Waals surface area contributed by atoms with Crippen LogP contribution >= 0.6 is 35.4 Å². The van der Waals surface area contributed by atoms with E-state index in [-0.39, 0.29) is 6.61 Å². The smallest absolute Gasteiger partial charge is 0.337 e. The zero-order chi connectivity index (χ0) is 21.8. The van der Waals surface area contributed by atoms with Gasteiger partial charge < -0.3 is 24.8 Å². The Hall–Kier alpha value is -2.48. The quantitative estimate of drug-likeness (QED) is 0.477. The molecule has 1 heterocycles. The van der Waals surface area contributed by atoms with Crippen LogP contribution in [0, 0.1) is 0 Å². The Morgan fingerprint density at radius 2 is 1.87 bits per heavy atom. The lowest BCUT2D eigenvalue weighted by Gasteiger charge is -2.30. The number of halogens is 2. The summed E-state index contributed by atoms with van der Waals surface area (Å²) in [6, 6.07) is 10.2. The first kappa shape index (κ1) is 22.2. The van der Waals surface area contributed by atoms with Crippen molar-refractivity contribution < 1.29 is 19.0 Å². The normalized spacial score (nSPS) is 15.9. The van der Waals surface area contributed by atoms with E-state index in [0.29, 0.717) is 43.5 Å². The second-order valence-corrected chi connectivity index (χ2v) is 7.69. The number of esters is 1. The predicted molar refractivity (Wildman–Crippen MR) is 120 cm³/mol. The Bertz CT molecular complexity index is 1030. The van der Waals surface area contributed by atoms with Gasteiger partial charge in [-0.2, -0.15) is 0 Å². The lowest BCUT2D eigenvalue weighted by molar-refractivity contribution is -0.136.